The van der Waals surface area contributed by atoms with Crippen molar-refractivity contribution in [3.8, 4) is 0 Å². The quantitative estimate of drug-likeness (QED) is 0.446. The molecule has 0 aromatic heterocycles. The molecule has 24 heavy (non-hydrogen) atoms. The van der Waals surface area contributed by atoms with Crippen LogP contribution in [0.4, 0.5) is 0 Å². The molecule has 6 nitrogen and oxygen atoms in total. The normalized spacial score (nSPS) is 11.3. The van der Waals surface area contributed by atoms with E-state index in [1.807, 2.05) is 42.5 Å². The van der Waals surface area contributed by atoms with Gasteiger partial charge in [0.05, 0.1) is 13.3 Å². The van der Waals surface area contributed by atoms with Crippen molar-refractivity contribution >= 4 is 17.9 Å². The van der Waals surface area contributed by atoms with Crippen molar-refractivity contribution < 1.29 is 19.2 Å². The lowest BCUT2D eigenvalue weighted by atomic mass is 10.0. The number of rotatable bonds is 7. The van der Waals surface area contributed by atoms with E-state index in [9.17, 15) is 4.79 Å². The third-order valence-electron chi connectivity index (χ3n) is 3.13. The summed E-state index contributed by atoms with van der Waals surface area (Å²) < 4.78 is 4.74. The van der Waals surface area contributed by atoms with Gasteiger partial charge in [-0.05, 0) is 5.56 Å². The maximum Gasteiger partial charge on any atom is 0.360 e. The zero-order valence-corrected chi connectivity index (χ0v) is 13.5. The summed E-state index contributed by atoms with van der Waals surface area (Å²) in [5.41, 5.74) is 2.32. The van der Waals surface area contributed by atoms with Crippen LogP contribution in [-0.2, 0) is 25.8 Å². The Kier molecular flexibility index (Phi) is 6.52. The molecular weight excluding hydrogens is 308 g/mol. The Labute approximate surface area is 140 Å². The van der Waals surface area contributed by atoms with Crippen LogP contribution < -0.4 is 0 Å². The number of esters is 1. The van der Waals surface area contributed by atoms with Crippen molar-refractivity contribution in [1.82, 2.24) is 0 Å². The smallest absolute Gasteiger partial charge is 0.360 e. The van der Waals surface area contributed by atoms with Gasteiger partial charge in [0.15, 0.2) is 5.71 Å². The predicted octanol–water partition coefficient (Wildman–Crippen LogP) is 2.76. The monoisotopic (exact) mass is 326 g/mol. The number of ether oxygens (including phenoxy) is 1. The van der Waals surface area contributed by atoms with Crippen molar-refractivity contribution in [1.29, 1.82) is 0 Å². The standard InChI is InChI=1S/C18H18N2O4/c1-22-18(21)17(20-23-2)16-11-7-6-10-15(16)13-24-19-12-14-8-4-3-5-9-14/h3-12H,13H2,1-2H3/b19-12+,20-17-. The van der Waals surface area contributed by atoms with Crippen LogP contribution in [0.2, 0.25) is 0 Å². The first-order valence-corrected chi connectivity index (χ1v) is 7.24. The average Bonchev–Trinajstić information content (AvgIpc) is 2.64. The molecule has 0 N–H and O–H groups in total. The van der Waals surface area contributed by atoms with E-state index in [1.54, 1.807) is 18.3 Å². The van der Waals surface area contributed by atoms with Gasteiger partial charge < -0.3 is 14.4 Å². The van der Waals surface area contributed by atoms with E-state index in [0.717, 1.165) is 11.1 Å². The molecule has 0 saturated carbocycles. The largest absolute Gasteiger partial charge is 0.464 e. The second kappa shape index (κ2) is 9.09. The van der Waals surface area contributed by atoms with Crippen molar-refractivity contribution in [2.45, 2.75) is 6.61 Å². The second-order valence-corrected chi connectivity index (χ2v) is 4.69. The highest BCUT2D eigenvalue weighted by atomic mass is 16.6. The zero-order chi connectivity index (χ0) is 17.2. The molecule has 0 aliphatic rings. The van der Waals surface area contributed by atoms with Gasteiger partial charge in [0.1, 0.15) is 13.7 Å². The van der Waals surface area contributed by atoms with Gasteiger partial charge in [-0.2, -0.15) is 0 Å². The Balaban J connectivity index is 2.12. The lowest BCUT2D eigenvalue weighted by Crippen LogP contribution is -2.19. The minimum Gasteiger partial charge on any atom is -0.464 e. The number of carbonyl (C=O) groups is 1. The molecule has 6 heteroatoms. The van der Waals surface area contributed by atoms with E-state index in [2.05, 4.69) is 10.3 Å². The molecule has 0 radical (unpaired) electrons. The van der Waals surface area contributed by atoms with Crippen LogP contribution >= 0.6 is 0 Å². The van der Waals surface area contributed by atoms with E-state index in [-0.39, 0.29) is 12.3 Å². The molecule has 0 saturated heterocycles. The molecule has 0 spiro atoms. The molecule has 2 aromatic carbocycles. The maximum absolute atomic E-state index is 11.9. The SMILES string of the molecule is CO/N=C(\C(=O)OC)c1ccccc1CO/N=C/c1ccccc1. The summed E-state index contributed by atoms with van der Waals surface area (Å²) in [5.74, 6) is -0.586. The van der Waals surface area contributed by atoms with Crippen molar-refractivity contribution in [3.63, 3.8) is 0 Å². The molecule has 0 heterocycles. The fourth-order valence-electron chi connectivity index (χ4n) is 2.01. The number of carbonyl (C=O) groups excluding carboxylic acids is 1. The average molecular weight is 326 g/mol. The van der Waals surface area contributed by atoms with Crippen LogP contribution in [0.25, 0.3) is 0 Å². The minimum atomic E-state index is -0.586. The first-order chi connectivity index (χ1) is 11.8. The van der Waals surface area contributed by atoms with Gasteiger partial charge in [-0.1, -0.05) is 64.9 Å². The number of benzene rings is 2. The summed E-state index contributed by atoms with van der Waals surface area (Å²) >= 11 is 0. The topological polar surface area (TPSA) is 69.5 Å². The molecule has 124 valence electrons. The van der Waals surface area contributed by atoms with Crippen LogP contribution in [0.3, 0.4) is 0 Å². The fraction of sp³-hybridized carbons (Fsp3) is 0.167. The Morgan fingerprint density at radius 3 is 2.46 bits per heavy atom. The molecule has 0 aliphatic heterocycles. The number of methoxy groups -OCH3 is 1. The van der Waals surface area contributed by atoms with Gasteiger partial charge in [0.2, 0.25) is 0 Å². The lowest BCUT2D eigenvalue weighted by Gasteiger charge is -2.09. The Bertz CT molecular complexity index is 727. The molecule has 0 bridgehead atoms. The van der Waals surface area contributed by atoms with Gasteiger partial charge in [0.25, 0.3) is 0 Å². The summed E-state index contributed by atoms with van der Waals surface area (Å²) in [6.07, 6.45) is 1.62. The Morgan fingerprint density at radius 1 is 1.04 bits per heavy atom. The van der Waals surface area contributed by atoms with Crippen molar-refractivity contribution in [2.75, 3.05) is 14.2 Å². The maximum atomic E-state index is 11.9. The third-order valence-corrected chi connectivity index (χ3v) is 3.13. The highest BCUT2D eigenvalue weighted by Gasteiger charge is 2.19. The number of oxime groups is 2. The number of hydrogen-bond acceptors (Lipinski definition) is 6. The first kappa shape index (κ1) is 17.2. The van der Waals surface area contributed by atoms with E-state index in [4.69, 9.17) is 14.4 Å². The van der Waals surface area contributed by atoms with E-state index >= 15 is 0 Å². The van der Waals surface area contributed by atoms with E-state index in [1.165, 1.54) is 14.2 Å². The van der Waals surface area contributed by atoms with Crippen molar-refractivity contribution in [3.05, 3.63) is 71.3 Å². The van der Waals surface area contributed by atoms with E-state index in [0.29, 0.717) is 5.56 Å². The highest BCUT2D eigenvalue weighted by molar-refractivity contribution is 6.43. The molecule has 0 unspecified atom stereocenters. The van der Waals surface area contributed by atoms with E-state index < -0.39 is 5.97 Å². The molecular formula is C18H18N2O4. The molecule has 2 aromatic rings. The molecule has 0 atom stereocenters. The molecule has 0 aliphatic carbocycles. The molecule has 0 amide bonds. The lowest BCUT2D eigenvalue weighted by molar-refractivity contribution is -0.132. The van der Waals surface area contributed by atoms with Crippen LogP contribution in [-0.4, -0.2) is 32.1 Å². The van der Waals surface area contributed by atoms with Crippen LogP contribution in [0.1, 0.15) is 16.7 Å². The number of nitrogens with zero attached hydrogens (tertiary/aromatic N) is 2. The third kappa shape index (κ3) is 4.67. The van der Waals surface area contributed by atoms with Crippen LogP contribution in [0.15, 0.2) is 64.9 Å². The summed E-state index contributed by atoms with van der Waals surface area (Å²) in [7, 11) is 2.66. The summed E-state index contributed by atoms with van der Waals surface area (Å²) in [4.78, 5) is 21.9. The van der Waals surface area contributed by atoms with Gasteiger partial charge in [-0.3, -0.25) is 0 Å². The van der Waals surface area contributed by atoms with Gasteiger partial charge in [-0.25, -0.2) is 4.79 Å². The summed E-state index contributed by atoms with van der Waals surface area (Å²) in [6.45, 7) is 0.180. The second-order valence-electron chi connectivity index (χ2n) is 4.69. The predicted molar refractivity (Wildman–Crippen MR) is 90.8 cm³/mol. The summed E-state index contributed by atoms with van der Waals surface area (Å²) in [6, 6.07) is 16.8. The zero-order valence-electron chi connectivity index (χ0n) is 13.5. The van der Waals surface area contributed by atoms with Gasteiger partial charge >= 0.3 is 5.97 Å². The molecule has 2 rings (SSSR count). The minimum absolute atomic E-state index is 0.0752. The fourth-order valence-corrected chi connectivity index (χ4v) is 2.01. The number of hydrogen-bond donors (Lipinski definition) is 0. The molecule has 0 fully saturated rings. The van der Waals surface area contributed by atoms with Gasteiger partial charge in [0, 0.05) is 11.1 Å². The Hall–Kier alpha value is -3.15. The van der Waals surface area contributed by atoms with Crippen molar-refractivity contribution in [2.24, 2.45) is 10.3 Å². The summed E-state index contributed by atoms with van der Waals surface area (Å²) in [5, 5.41) is 7.69. The first-order valence-electron chi connectivity index (χ1n) is 7.24. The van der Waals surface area contributed by atoms with Crippen LogP contribution in [0.5, 0.6) is 0 Å². The van der Waals surface area contributed by atoms with Gasteiger partial charge in [-0.15, -0.1) is 0 Å². The highest BCUT2D eigenvalue weighted by Crippen LogP contribution is 2.13. The van der Waals surface area contributed by atoms with Crippen LogP contribution in [0, 0.1) is 0 Å². The Morgan fingerprint density at radius 2 is 1.75 bits per heavy atom.